The highest BCUT2D eigenvalue weighted by Crippen LogP contribution is 2.41. The molecule has 1 aliphatic heterocycles. The summed E-state index contributed by atoms with van der Waals surface area (Å²) in [4.78, 5) is 2.84. The van der Waals surface area contributed by atoms with Crippen molar-refractivity contribution in [2.75, 3.05) is 19.6 Å². The molecule has 21 heavy (non-hydrogen) atoms. The second kappa shape index (κ2) is 7.46. The molecule has 1 saturated heterocycles. The molecule has 1 aliphatic carbocycles. The number of likely N-dealkylation sites (N-methyl/N-ethyl adjacent to an activating group) is 1. The molecule has 124 valence electrons. The van der Waals surface area contributed by atoms with Gasteiger partial charge in [0.05, 0.1) is 0 Å². The molecule has 0 aromatic carbocycles. The lowest BCUT2D eigenvalue weighted by Gasteiger charge is -2.50. The van der Waals surface area contributed by atoms with Gasteiger partial charge in [-0.3, -0.25) is 4.90 Å². The summed E-state index contributed by atoms with van der Waals surface area (Å²) in [6.45, 7) is 15.7. The SMILES string of the molecule is CCNC1CC(C)CC(C)C1N1CCC(CC)(CC)CC1. The van der Waals surface area contributed by atoms with Crippen molar-refractivity contribution in [2.24, 2.45) is 17.3 Å². The van der Waals surface area contributed by atoms with Crippen molar-refractivity contribution in [3.8, 4) is 0 Å². The molecule has 0 spiro atoms. The molecule has 2 rings (SSSR count). The molecule has 4 unspecified atom stereocenters. The van der Waals surface area contributed by atoms with E-state index >= 15 is 0 Å². The predicted octanol–water partition coefficient (Wildman–Crippen LogP) is 4.30. The Kier molecular flexibility index (Phi) is 6.14. The fourth-order valence-electron chi connectivity index (χ4n) is 5.17. The topological polar surface area (TPSA) is 15.3 Å². The summed E-state index contributed by atoms with van der Waals surface area (Å²) in [6, 6.07) is 1.48. The Morgan fingerprint density at radius 1 is 1.00 bits per heavy atom. The smallest absolute Gasteiger partial charge is 0.0275 e. The molecule has 0 radical (unpaired) electrons. The van der Waals surface area contributed by atoms with Crippen molar-refractivity contribution < 1.29 is 0 Å². The molecule has 1 N–H and O–H groups in total. The van der Waals surface area contributed by atoms with Crippen LogP contribution >= 0.6 is 0 Å². The largest absolute Gasteiger partial charge is 0.313 e. The third kappa shape index (κ3) is 3.82. The molecule has 0 bridgehead atoms. The van der Waals surface area contributed by atoms with Gasteiger partial charge >= 0.3 is 0 Å². The number of hydrogen-bond acceptors (Lipinski definition) is 2. The molecule has 0 aromatic rings. The van der Waals surface area contributed by atoms with Crippen molar-refractivity contribution in [3.05, 3.63) is 0 Å². The first-order valence-corrected chi connectivity index (χ1v) is 9.52. The van der Waals surface area contributed by atoms with Crippen LogP contribution in [-0.2, 0) is 0 Å². The Morgan fingerprint density at radius 3 is 2.14 bits per heavy atom. The Labute approximate surface area is 133 Å². The summed E-state index contributed by atoms with van der Waals surface area (Å²) in [5.74, 6) is 1.73. The maximum absolute atomic E-state index is 3.80. The van der Waals surface area contributed by atoms with Crippen LogP contribution in [0.1, 0.15) is 73.1 Å². The van der Waals surface area contributed by atoms with Gasteiger partial charge in [-0.1, -0.05) is 47.5 Å². The lowest BCUT2D eigenvalue weighted by atomic mass is 9.71. The highest BCUT2D eigenvalue weighted by Gasteiger charge is 2.40. The van der Waals surface area contributed by atoms with Gasteiger partial charge in [-0.05, 0) is 62.6 Å². The van der Waals surface area contributed by atoms with Gasteiger partial charge in [-0.2, -0.15) is 0 Å². The third-order valence-corrected chi connectivity index (χ3v) is 6.67. The summed E-state index contributed by atoms with van der Waals surface area (Å²) < 4.78 is 0. The molecule has 2 heteroatoms. The summed E-state index contributed by atoms with van der Waals surface area (Å²) in [5, 5.41) is 3.80. The van der Waals surface area contributed by atoms with E-state index in [1.54, 1.807) is 0 Å². The van der Waals surface area contributed by atoms with Crippen LogP contribution in [0.4, 0.5) is 0 Å². The van der Waals surface area contributed by atoms with E-state index in [4.69, 9.17) is 0 Å². The molecule has 2 fully saturated rings. The van der Waals surface area contributed by atoms with E-state index in [1.807, 2.05) is 0 Å². The van der Waals surface area contributed by atoms with Crippen molar-refractivity contribution >= 4 is 0 Å². The highest BCUT2D eigenvalue weighted by molar-refractivity contribution is 4.96. The van der Waals surface area contributed by atoms with Crippen molar-refractivity contribution in [3.63, 3.8) is 0 Å². The van der Waals surface area contributed by atoms with Gasteiger partial charge in [0.1, 0.15) is 0 Å². The summed E-state index contributed by atoms with van der Waals surface area (Å²) in [5.41, 5.74) is 0.648. The van der Waals surface area contributed by atoms with Crippen LogP contribution in [0.15, 0.2) is 0 Å². The molecular formula is C19H38N2. The first-order valence-electron chi connectivity index (χ1n) is 9.52. The van der Waals surface area contributed by atoms with Gasteiger partial charge in [0.2, 0.25) is 0 Å². The molecule has 2 aliphatic rings. The van der Waals surface area contributed by atoms with E-state index in [2.05, 4.69) is 44.8 Å². The van der Waals surface area contributed by atoms with Crippen LogP contribution in [0, 0.1) is 17.3 Å². The number of hydrogen-bond donors (Lipinski definition) is 1. The van der Waals surface area contributed by atoms with Gasteiger partial charge in [0.15, 0.2) is 0 Å². The zero-order valence-corrected chi connectivity index (χ0v) is 15.1. The maximum atomic E-state index is 3.80. The monoisotopic (exact) mass is 294 g/mol. The molecule has 1 heterocycles. The summed E-state index contributed by atoms with van der Waals surface area (Å²) >= 11 is 0. The highest BCUT2D eigenvalue weighted by atomic mass is 15.2. The summed E-state index contributed by atoms with van der Waals surface area (Å²) in [7, 11) is 0. The maximum Gasteiger partial charge on any atom is 0.0275 e. The van der Waals surface area contributed by atoms with E-state index in [9.17, 15) is 0 Å². The molecule has 1 saturated carbocycles. The number of piperidine rings is 1. The van der Waals surface area contributed by atoms with Crippen LogP contribution < -0.4 is 5.32 Å². The van der Waals surface area contributed by atoms with Gasteiger partial charge in [0, 0.05) is 12.1 Å². The van der Waals surface area contributed by atoms with Gasteiger partial charge in [-0.15, -0.1) is 0 Å². The second-order valence-electron chi connectivity index (χ2n) is 7.95. The normalized spacial score (nSPS) is 37.6. The molecule has 0 aromatic heterocycles. The zero-order chi connectivity index (χ0) is 15.5. The molecule has 2 nitrogen and oxygen atoms in total. The van der Waals surface area contributed by atoms with E-state index in [1.165, 1.54) is 51.6 Å². The van der Waals surface area contributed by atoms with Crippen LogP contribution in [-0.4, -0.2) is 36.6 Å². The number of likely N-dealkylation sites (tertiary alicyclic amines) is 1. The minimum Gasteiger partial charge on any atom is -0.313 e. The van der Waals surface area contributed by atoms with E-state index in [-0.39, 0.29) is 0 Å². The minimum absolute atomic E-state index is 0.648. The fourth-order valence-corrected chi connectivity index (χ4v) is 5.17. The molecule has 4 atom stereocenters. The molecular weight excluding hydrogens is 256 g/mol. The van der Waals surface area contributed by atoms with Gasteiger partial charge in [0.25, 0.3) is 0 Å². The lowest BCUT2D eigenvalue weighted by Crippen LogP contribution is -2.58. The van der Waals surface area contributed by atoms with Crippen molar-refractivity contribution in [1.82, 2.24) is 10.2 Å². The van der Waals surface area contributed by atoms with Crippen molar-refractivity contribution in [1.29, 1.82) is 0 Å². The third-order valence-electron chi connectivity index (χ3n) is 6.67. The lowest BCUT2D eigenvalue weighted by molar-refractivity contribution is 0.00874. The average molecular weight is 295 g/mol. The second-order valence-corrected chi connectivity index (χ2v) is 7.95. The van der Waals surface area contributed by atoms with Gasteiger partial charge < -0.3 is 5.32 Å². The number of rotatable bonds is 5. The fraction of sp³-hybridized carbons (Fsp3) is 1.00. The van der Waals surface area contributed by atoms with E-state index < -0.39 is 0 Å². The number of nitrogens with one attached hydrogen (secondary N) is 1. The first kappa shape index (κ1) is 17.3. The zero-order valence-electron chi connectivity index (χ0n) is 15.1. The minimum atomic E-state index is 0.648. The van der Waals surface area contributed by atoms with Crippen LogP contribution in [0.2, 0.25) is 0 Å². The van der Waals surface area contributed by atoms with E-state index in [0.717, 1.165) is 24.4 Å². The van der Waals surface area contributed by atoms with Gasteiger partial charge in [-0.25, -0.2) is 0 Å². The Bertz CT molecular complexity index is 301. The van der Waals surface area contributed by atoms with Crippen LogP contribution in [0.5, 0.6) is 0 Å². The Hall–Kier alpha value is -0.0800. The number of nitrogens with zero attached hydrogens (tertiary/aromatic N) is 1. The van der Waals surface area contributed by atoms with E-state index in [0.29, 0.717) is 11.5 Å². The summed E-state index contributed by atoms with van der Waals surface area (Å²) in [6.07, 6.45) is 8.34. The average Bonchev–Trinajstić information content (AvgIpc) is 2.48. The first-order chi connectivity index (χ1) is 10.0. The predicted molar refractivity (Wildman–Crippen MR) is 92.6 cm³/mol. The Balaban J connectivity index is 2.02. The Morgan fingerprint density at radius 2 is 1.62 bits per heavy atom. The van der Waals surface area contributed by atoms with Crippen LogP contribution in [0.3, 0.4) is 0 Å². The van der Waals surface area contributed by atoms with Crippen molar-refractivity contribution in [2.45, 2.75) is 85.2 Å². The standard InChI is InChI=1S/C19H38N2/c1-6-19(7-2)9-11-21(12-10-19)18-16(5)13-15(4)14-17(18)20-8-3/h15-18,20H,6-14H2,1-5H3. The van der Waals surface area contributed by atoms with Crippen LogP contribution in [0.25, 0.3) is 0 Å². The quantitative estimate of drug-likeness (QED) is 0.813. The molecule has 0 amide bonds.